The number of hydrogen-bond acceptors (Lipinski definition) is 5. The SMILES string of the molecule is CCCCNC(=O)CSc1nnc(Cc2ccccc2)n1C[C@@H]1CCCO1. The lowest BCUT2D eigenvalue weighted by atomic mass is 10.1. The van der Waals surface area contributed by atoms with Crippen LogP contribution in [0.3, 0.4) is 0 Å². The number of ether oxygens (including phenoxy) is 1. The van der Waals surface area contributed by atoms with E-state index >= 15 is 0 Å². The van der Waals surface area contributed by atoms with Crippen molar-refractivity contribution in [2.24, 2.45) is 0 Å². The van der Waals surface area contributed by atoms with Gasteiger partial charge >= 0.3 is 0 Å². The summed E-state index contributed by atoms with van der Waals surface area (Å²) in [5.41, 5.74) is 1.20. The van der Waals surface area contributed by atoms with E-state index in [1.807, 2.05) is 18.2 Å². The molecule has 0 unspecified atom stereocenters. The predicted octanol–water partition coefficient (Wildman–Crippen LogP) is 3.06. The van der Waals surface area contributed by atoms with E-state index in [0.717, 1.165) is 62.8 Å². The van der Waals surface area contributed by atoms with E-state index < -0.39 is 0 Å². The molecular weight excluding hydrogens is 360 g/mol. The maximum absolute atomic E-state index is 12.0. The zero-order valence-electron chi connectivity index (χ0n) is 15.9. The normalized spacial score (nSPS) is 16.6. The lowest BCUT2D eigenvalue weighted by molar-refractivity contribution is -0.118. The highest BCUT2D eigenvalue weighted by Crippen LogP contribution is 2.22. The third-order valence-corrected chi connectivity index (χ3v) is 5.56. The van der Waals surface area contributed by atoms with Gasteiger partial charge in [0.15, 0.2) is 5.16 Å². The first kappa shape index (κ1) is 19.9. The lowest BCUT2D eigenvalue weighted by Crippen LogP contribution is -2.26. The monoisotopic (exact) mass is 388 g/mol. The number of rotatable bonds is 10. The van der Waals surface area contributed by atoms with Crippen LogP contribution in [0.5, 0.6) is 0 Å². The largest absolute Gasteiger partial charge is 0.376 e. The standard InChI is InChI=1S/C20H28N4O2S/c1-2-3-11-21-19(25)15-27-20-23-22-18(13-16-8-5-4-6-9-16)24(20)14-17-10-7-12-26-17/h4-6,8-9,17H,2-3,7,10-15H2,1H3,(H,21,25)/t17-/m0/s1. The molecule has 1 saturated heterocycles. The maximum atomic E-state index is 12.0. The molecule has 1 fully saturated rings. The van der Waals surface area contributed by atoms with Crippen LogP contribution in [-0.2, 0) is 22.5 Å². The number of amides is 1. The van der Waals surface area contributed by atoms with Gasteiger partial charge in [0.2, 0.25) is 5.91 Å². The molecule has 1 aromatic heterocycles. The summed E-state index contributed by atoms with van der Waals surface area (Å²) in [6.07, 6.45) is 5.17. The van der Waals surface area contributed by atoms with Crippen molar-refractivity contribution in [2.75, 3.05) is 18.9 Å². The average Bonchev–Trinajstić information content (AvgIpc) is 3.32. The van der Waals surface area contributed by atoms with Crippen molar-refractivity contribution in [2.45, 2.75) is 56.8 Å². The number of carbonyl (C=O) groups is 1. The van der Waals surface area contributed by atoms with Crippen molar-refractivity contribution in [3.8, 4) is 0 Å². The Morgan fingerprint density at radius 2 is 2.19 bits per heavy atom. The number of nitrogens with zero attached hydrogens (tertiary/aromatic N) is 3. The second-order valence-corrected chi connectivity index (χ2v) is 7.74. The molecule has 0 aliphatic carbocycles. The third-order valence-electron chi connectivity index (χ3n) is 4.59. The molecule has 1 atom stereocenters. The minimum absolute atomic E-state index is 0.0460. The molecule has 0 saturated carbocycles. The number of unbranched alkanes of at least 4 members (excludes halogenated alkanes) is 1. The van der Waals surface area contributed by atoms with Crippen molar-refractivity contribution in [3.63, 3.8) is 0 Å². The summed E-state index contributed by atoms with van der Waals surface area (Å²) in [5.74, 6) is 1.33. The Morgan fingerprint density at radius 3 is 2.93 bits per heavy atom. The summed E-state index contributed by atoms with van der Waals surface area (Å²) in [5, 5.41) is 12.5. The van der Waals surface area contributed by atoms with Crippen molar-refractivity contribution in [1.82, 2.24) is 20.1 Å². The van der Waals surface area contributed by atoms with Gasteiger partial charge in [0.1, 0.15) is 5.82 Å². The summed E-state index contributed by atoms with van der Waals surface area (Å²) in [4.78, 5) is 12.0. The van der Waals surface area contributed by atoms with Crippen LogP contribution in [0.4, 0.5) is 0 Å². The first-order valence-electron chi connectivity index (χ1n) is 9.73. The van der Waals surface area contributed by atoms with Gasteiger partial charge in [-0.25, -0.2) is 0 Å². The summed E-state index contributed by atoms with van der Waals surface area (Å²) >= 11 is 1.45. The molecule has 7 heteroatoms. The molecule has 2 heterocycles. The topological polar surface area (TPSA) is 69.0 Å². The molecule has 1 amide bonds. The van der Waals surface area contributed by atoms with Gasteiger partial charge in [-0.05, 0) is 24.8 Å². The first-order valence-corrected chi connectivity index (χ1v) is 10.7. The van der Waals surface area contributed by atoms with Crippen LogP contribution in [0, 0.1) is 0 Å². The molecular formula is C20H28N4O2S. The van der Waals surface area contributed by atoms with Gasteiger partial charge in [0.25, 0.3) is 0 Å². The molecule has 1 aromatic carbocycles. The van der Waals surface area contributed by atoms with Crippen LogP contribution in [0.2, 0.25) is 0 Å². The van der Waals surface area contributed by atoms with Crippen molar-refractivity contribution < 1.29 is 9.53 Å². The Hall–Kier alpha value is -1.86. The second kappa shape index (κ2) is 10.5. The van der Waals surface area contributed by atoms with Crippen LogP contribution >= 0.6 is 11.8 Å². The third kappa shape index (κ3) is 6.07. The molecule has 6 nitrogen and oxygen atoms in total. The van der Waals surface area contributed by atoms with E-state index in [-0.39, 0.29) is 12.0 Å². The summed E-state index contributed by atoms with van der Waals surface area (Å²) in [6.45, 7) is 4.42. The van der Waals surface area contributed by atoms with Gasteiger partial charge in [-0.3, -0.25) is 4.79 Å². The zero-order valence-corrected chi connectivity index (χ0v) is 16.7. The Labute approximate surface area is 165 Å². The fourth-order valence-corrected chi connectivity index (χ4v) is 3.89. The number of aromatic nitrogens is 3. The molecule has 1 N–H and O–H groups in total. The highest BCUT2D eigenvalue weighted by atomic mass is 32.2. The smallest absolute Gasteiger partial charge is 0.230 e. The van der Waals surface area contributed by atoms with E-state index in [2.05, 4.69) is 39.1 Å². The maximum Gasteiger partial charge on any atom is 0.230 e. The van der Waals surface area contributed by atoms with E-state index in [9.17, 15) is 4.79 Å². The average molecular weight is 389 g/mol. The van der Waals surface area contributed by atoms with Gasteiger partial charge in [0.05, 0.1) is 18.4 Å². The molecule has 0 spiro atoms. The molecule has 146 valence electrons. The summed E-state index contributed by atoms with van der Waals surface area (Å²) in [7, 11) is 0. The van der Waals surface area contributed by atoms with Crippen LogP contribution in [0.25, 0.3) is 0 Å². The van der Waals surface area contributed by atoms with E-state index in [4.69, 9.17) is 4.74 Å². The van der Waals surface area contributed by atoms with Crippen molar-refractivity contribution >= 4 is 17.7 Å². The molecule has 2 aromatic rings. The van der Waals surface area contributed by atoms with Gasteiger partial charge in [-0.15, -0.1) is 10.2 Å². The fraction of sp³-hybridized carbons (Fsp3) is 0.550. The number of carbonyl (C=O) groups excluding carboxylic acids is 1. The Morgan fingerprint density at radius 1 is 1.33 bits per heavy atom. The van der Waals surface area contributed by atoms with Gasteiger partial charge in [0, 0.05) is 19.6 Å². The molecule has 0 bridgehead atoms. The number of thioether (sulfide) groups is 1. The van der Waals surface area contributed by atoms with Crippen molar-refractivity contribution in [3.05, 3.63) is 41.7 Å². The van der Waals surface area contributed by atoms with E-state index in [0.29, 0.717) is 5.75 Å². The van der Waals surface area contributed by atoms with Crippen molar-refractivity contribution in [1.29, 1.82) is 0 Å². The minimum atomic E-state index is 0.0460. The molecule has 0 radical (unpaired) electrons. The number of benzene rings is 1. The van der Waals surface area contributed by atoms with Gasteiger partial charge in [-0.1, -0.05) is 55.4 Å². The van der Waals surface area contributed by atoms with E-state index in [1.165, 1.54) is 17.3 Å². The Kier molecular flexibility index (Phi) is 7.71. The second-order valence-electron chi connectivity index (χ2n) is 6.80. The Balaban J connectivity index is 1.67. The molecule has 27 heavy (non-hydrogen) atoms. The van der Waals surface area contributed by atoms with Gasteiger partial charge in [-0.2, -0.15) is 0 Å². The highest BCUT2D eigenvalue weighted by molar-refractivity contribution is 7.99. The van der Waals surface area contributed by atoms with Crippen LogP contribution in [-0.4, -0.2) is 45.7 Å². The molecule has 1 aliphatic rings. The van der Waals surface area contributed by atoms with Gasteiger partial charge < -0.3 is 14.6 Å². The molecule has 3 rings (SSSR count). The zero-order chi connectivity index (χ0) is 18.9. The predicted molar refractivity (Wildman–Crippen MR) is 107 cm³/mol. The summed E-state index contributed by atoms with van der Waals surface area (Å²) < 4.78 is 7.94. The van der Waals surface area contributed by atoms with Crippen LogP contribution in [0.1, 0.15) is 44.0 Å². The van der Waals surface area contributed by atoms with E-state index in [1.54, 1.807) is 0 Å². The van der Waals surface area contributed by atoms with Crippen LogP contribution in [0.15, 0.2) is 35.5 Å². The molecule has 1 aliphatic heterocycles. The lowest BCUT2D eigenvalue weighted by Gasteiger charge is -2.14. The first-order chi connectivity index (χ1) is 13.3. The van der Waals surface area contributed by atoms with Crippen LogP contribution < -0.4 is 5.32 Å². The fourth-order valence-electron chi connectivity index (χ4n) is 3.10. The number of nitrogens with one attached hydrogen (secondary N) is 1. The highest BCUT2D eigenvalue weighted by Gasteiger charge is 2.21. The quantitative estimate of drug-likeness (QED) is 0.500. The Bertz CT molecular complexity index is 714. The summed E-state index contributed by atoms with van der Waals surface area (Å²) in [6, 6.07) is 10.3. The number of hydrogen-bond donors (Lipinski definition) is 1. The minimum Gasteiger partial charge on any atom is -0.376 e.